The SMILES string of the molecule is Cc1ccoc1C(=O)N[C@@H](C)c1ccc(S(N)(=O)=O)cc1. The zero-order valence-corrected chi connectivity index (χ0v) is 12.5. The van der Waals surface area contributed by atoms with Crippen LogP contribution in [-0.2, 0) is 10.0 Å². The highest BCUT2D eigenvalue weighted by molar-refractivity contribution is 7.89. The first-order chi connectivity index (χ1) is 9.79. The van der Waals surface area contributed by atoms with Crippen LogP contribution < -0.4 is 10.5 Å². The molecular weight excluding hydrogens is 292 g/mol. The second kappa shape index (κ2) is 5.71. The smallest absolute Gasteiger partial charge is 0.287 e. The Bertz CT molecular complexity index is 748. The Labute approximate surface area is 123 Å². The van der Waals surface area contributed by atoms with Crippen LogP contribution in [0.15, 0.2) is 45.9 Å². The molecule has 0 saturated heterocycles. The lowest BCUT2D eigenvalue weighted by molar-refractivity contribution is 0.0911. The highest BCUT2D eigenvalue weighted by Crippen LogP contribution is 2.17. The van der Waals surface area contributed by atoms with Crippen molar-refractivity contribution in [1.82, 2.24) is 5.32 Å². The molecule has 0 saturated carbocycles. The molecule has 0 radical (unpaired) electrons. The largest absolute Gasteiger partial charge is 0.459 e. The van der Waals surface area contributed by atoms with Crippen LogP contribution in [0.25, 0.3) is 0 Å². The van der Waals surface area contributed by atoms with E-state index in [1.807, 2.05) is 0 Å². The monoisotopic (exact) mass is 308 g/mol. The van der Waals surface area contributed by atoms with Crippen molar-refractivity contribution in [2.45, 2.75) is 24.8 Å². The van der Waals surface area contributed by atoms with Crippen molar-refractivity contribution < 1.29 is 17.6 Å². The van der Waals surface area contributed by atoms with Gasteiger partial charge < -0.3 is 9.73 Å². The van der Waals surface area contributed by atoms with Crippen LogP contribution in [0.2, 0.25) is 0 Å². The number of hydrogen-bond donors (Lipinski definition) is 2. The molecule has 1 amide bonds. The number of furan rings is 1. The van der Waals surface area contributed by atoms with E-state index < -0.39 is 10.0 Å². The van der Waals surface area contributed by atoms with E-state index >= 15 is 0 Å². The number of hydrogen-bond acceptors (Lipinski definition) is 4. The molecule has 0 spiro atoms. The van der Waals surface area contributed by atoms with Crippen LogP contribution in [0.4, 0.5) is 0 Å². The lowest BCUT2D eigenvalue weighted by Crippen LogP contribution is -2.26. The van der Waals surface area contributed by atoms with Crippen molar-refractivity contribution in [3.63, 3.8) is 0 Å². The number of benzene rings is 1. The summed E-state index contributed by atoms with van der Waals surface area (Å²) in [6, 6.07) is 7.45. The quantitative estimate of drug-likeness (QED) is 0.897. The average Bonchev–Trinajstić information content (AvgIpc) is 2.84. The molecule has 0 fully saturated rings. The molecule has 0 bridgehead atoms. The summed E-state index contributed by atoms with van der Waals surface area (Å²) in [6.45, 7) is 3.58. The minimum atomic E-state index is -3.71. The van der Waals surface area contributed by atoms with Gasteiger partial charge in [0, 0.05) is 5.56 Å². The molecule has 1 atom stereocenters. The van der Waals surface area contributed by atoms with Gasteiger partial charge >= 0.3 is 0 Å². The summed E-state index contributed by atoms with van der Waals surface area (Å²) in [7, 11) is -3.71. The fourth-order valence-corrected chi connectivity index (χ4v) is 2.41. The van der Waals surface area contributed by atoms with E-state index in [-0.39, 0.29) is 22.6 Å². The van der Waals surface area contributed by atoms with Gasteiger partial charge in [-0.1, -0.05) is 12.1 Å². The molecule has 6 nitrogen and oxygen atoms in total. The highest BCUT2D eigenvalue weighted by atomic mass is 32.2. The Hall–Kier alpha value is -2.12. The molecular formula is C14H16N2O4S. The third-order valence-electron chi connectivity index (χ3n) is 3.12. The topological polar surface area (TPSA) is 102 Å². The molecule has 0 aliphatic rings. The first-order valence-corrected chi connectivity index (χ1v) is 7.81. The Kier molecular flexibility index (Phi) is 4.15. The molecule has 0 aliphatic heterocycles. The number of carbonyl (C=O) groups excluding carboxylic acids is 1. The maximum atomic E-state index is 12.0. The van der Waals surface area contributed by atoms with Crippen LogP contribution in [0, 0.1) is 6.92 Å². The summed E-state index contributed by atoms with van der Waals surface area (Å²) in [5, 5.41) is 7.82. The molecule has 0 aliphatic carbocycles. The Morgan fingerprint density at radius 3 is 2.33 bits per heavy atom. The maximum Gasteiger partial charge on any atom is 0.287 e. The summed E-state index contributed by atoms with van der Waals surface area (Å²) in [5.41, 5.74) is 1.52. The van der Waals surface area contributed by atoms with E-state index in [9.17, 15) is 13.2 Å². The summed E-state index contributed by atoms with van der Waals surface area (Å²) in [5.74, 6) is -0.0523. The normalized spacial score (nSPS) is 12.9. The molecule has 112 valence electrons. The average molecular weight is 308 g/mol. The van der Waals surface area contributed by atoms with Crippen molar-refractivity contribution in [3.05, 3.63) is 53.5 Å². The number of nitrogens with two attached hydrogens (primary N) is 1. The zero-order valence-electron chi connectivity index (χ0n) is 11.7. The van der Waals surface area contributed by atoms with Gasteiger partial charge in [-0.25, -0.2) is 13.6 Å². The van der Waals surface area contributed by atoms with Crippen LogP contribution in [0.1, 0.15) is 34.6 Å². The second-order valence-corrected chi connectivity index (χ2v) is 6.30. The fraction of sp³-hybridized carbons (Fsp3) is 0.214. The van der Waals surface area contributed by atoms with E-state index in [2.05, 4.69) is 5.32 Å². The number of sulfonamides is 1. The summed E-state index contributed by atoms with van der Waals surface area (Å²) in [6.07, 6.45) is 1.45. The van der Waals surface area contributed by atoms with Gasteiger partial charge in [-0.05, 0) is 37.6 Å². The predicted octanol–water partition coefficient (Wildman–Crippen LogP) is 1.73. The molecule has 1 aromatic heterocycles. The molecule has 21 heavy (non-hydrogen) atoms. The molecule has 7 heteroatoms. The van der Waals surface area contributed by atoms with Gasteiger partial charge in [0.15, 0.2) is 5.76 Å². The Morgan fingerprint density at radius 1 is 1.24 bits per heavy atom. The second-order valence-electron chi connectivity index (χ2n) is 4.74. The van der Waals surface area contributed by atoms with Gasteiger partial charge in [0.1, 0.15) is 0 Å². The molecule has 2 rings (SSSR count). The highest BCUT2D eigenvalue weighted by Gasteiger charge is 2.16. The number of primary sulfonamides is 1. The van der Waals surface area contributed by atoms with Crippen molar-refractivity contribution >= 4 is 15.9 Å². The first kappa shape index (κ1) is 15.3. The van der Waals surface area contributed by atoms with E-state index in [1.54, 1.807) is 32.0 Å². The van der Waals surface area contributed by atoms with Crippen molar-refractivity contribution in [1.29, 1.82) is 0 Å². The summed E-state index contributed by atoms with van der Waals surface area (Å²) in [4.78, 5) is 12.0. The number of amides is 1. The van der Waals surface area contributed by atoms with Gasteiger partial charge in [0.25, 0.3) is 5.91 Å². The van der Waals surface area contributed by atoms with Crippen molar-refractivity contribution in [2.24, 2.45) is 5.14 Å². The molecule has 1 aromatic carbocycles. The first-order valence-electron chi connectivity index (χ1n) is 6.27. The fourth-order valence-electron chi connectivity index (χ4n) is 1.90. The third-order valence-corrected chi connectivity index (χ3v) is 4.05. The third kappa shape index (κ3) is 3.50. The minimum absolute atomic E-state index is 0.0339. The molecule has 3 N–H and O–H groups in total. The zero-order chi connectivity index (χ0) is 15.6. The summed E-state index contributed by atoms with van der Waals surface area (Å²) < 4.78 is 27.5. The van der Waals surface area contributed by atoms with Crippen LogP contribution in [0.3, 0.4) is 0 Å². The van der Waals surface area contributed by atoms with Gasteiger partial charge in [0.2, 0.25) is 10.0 Å². The lowest BCUT2D eigenvalue weighted by atomic mass is 10.1. The van der Waals surface area contributed by atoms with E-state index in [4.69, 9.17) is 9.56 Å². The lowest BCUT2D eigenvalue weighted by Gasteiger charge is -2.14. The van der Waals surface area contributed by atoms with Crippen LogP contribution in [-0.4, -0.2) is 14.3 Å². The van der Waals surface area contributed by atoms with E-state index in [1.165, 1.54) is 18.4 Å². The van der Waals surface area contributed by atoms with Crippen molar-refractivity contribution in [3.8, 4) is 0 Å². The maximum absolute atomic E-state index is 12.0. The van der Waals surface area contributed by atoms with Gasteiger partial charge in [-0.3, -0.25) is 4.79 Å². The summed E-state index contributed by atoms with van der Waals surface area (Å²) >= 11 is 0. The molecule has 1 heterocycles. The number of aryl methyl sites for hydroxylation is 1. The standard InChI is InChI=1S/C14H16N2O4S/c1-9-7-8-20-13(9)14(17)16-10(2)11-3-5-12(6-4-11)21(15,18)19/h3-8,10H,1-2H3,(H,16,17)(H2,15,18,19)/t10-/m0/s1. The minimum Gasteiger partial charge on any atom is -0.459 e. The Morgan fingerprint density at radius 2 is 1.86 bits per heavy atom. The number of rotatable bonds is 4. The van der Waals surface area contributed by atoms with Crippen LogP contribution >= 0.6 is 0 Å². The van der Waals surface area contributed by atoms with Gasteiger partial charge in [0.05, 0.1) is 17.2 Å². The number of carbonyl (C=O) groups is 1. The number of nitrogens with one attached hydrogen (secondary N) is 1. The van der Waals surface area contributed by atoms with Gasteiger partial charge in [-0.2, -0.15) is 0 Å². The van der Waals surface area contributed by atoms with E-state index in [0.29, 0.717) is 0 Å². The van der Waals surface area contributed by atoms with E-state index in [0.717, 1.165) is 11.1 Å². The van der Waals surface area contributed by atoms with Gasteiger partial charge in [-0.15, -0.1) is 0 Å². The molecule has 2 aromatic rings. The predicted molar refractivity (Wildman–Crippen MR) is 77.1 cm³/mol. The van der Waals surface area contributed by atoms with Crippen molar-refractivity contribution in [2.75, 3.05) is 0 Å². The van der Waals surface area contributed by atoms with Crippen LogP contribution in [0.5, 0.6) is 0 Å². The molecule has 0 unspecified atom stereocenters. The Balaban J connectivity index is 2.12.